The maximum Gasteiger partial charge on any atom is 0.258 e. The summed E-state index contributed by atoms with van der Waals surface area (Å²) in [5.41, 5.74) is 0. The number of aromatic nitrogens is 2. The Morgan fingerprint density at radius 1 is 1.56 bits per heavy atom. The van der Waals surface area contributed by atoms with Gasteiger partial charge in [0.2, 0.25) is 0 Å². The van der Waals surface area contributed by atoms with Gasteiger partial charge in [-0.05, 0) is 15.9 Å². The second-order valence-corrected chi connectivity index (χ2v) is 4.78. The smallest absolute Gasteiger partial charge is 0.258 e. The second-order valence-electron chi connectivity index (χ2n) is 3.97. The Kier molecular flexibility index (Phi) is 2.31. The molecule has 1 aromatic rings. The molecule has 3 heterocycles. The van der Waals surface area contributed by atoms with Crippen LogP contribution in [-0.4, -0.2) is 34.9 Å². The van der Waals surface area contributed by atoms with E-state index in [1.54, 1.807) is 6.20 Å². The van der Waals surface area contributed by atoms with E-state index in [1.807, 2.05) is 0 Å². The van der Waals surface area contributed by atoms with Crippen molar-refractivity contribution in [2.75, 3.05) is 18.1 Å². The number of ketones is 1. The predicted molar refractivity (Wildman–Crippen MR) is 60.6 cm³/mol. The van der Waals surface area contributed by atoms with Crippen LogP contribution in [0.3, 0.4) is 0 Å². The highest BCUT2D eigenvalue weighted by Crippen LogP contribution is 2.33. The molecule has 0 radical (unpaired) electrons. The van der Waals surface area contributed by atoms with Gasteiger partial charge in [0.15, 0.2) is 5.82 Å². The number of hydrogen-bond acceptors (Lipinski definition) is 5. The third kappa shape index (κ3) is 1.57. The minimum absolute atomic E-state index is 0.129. The van der Waals surface area contributed by atoms with Crippen LogP contribution in [0.25, 0.3) is 0 Å². The van der Waals surface area contributed by atoms with Crippen molar-refractivity contribution in [3.8, 4) is 5.88 Å². The molecule has 2 aliphatic heterocycles. The molecule has 84 valence electrons. The van der Waals surface area contributed by atoms with Gasteiger partial charge in [-0.2, -0.15) is 0 Å². The molecule has 0 bridgehead atoms. The van der Waals surface area contributed by atoms with Crippen LogP contribution in [0.15, 0.2) is 10.8 Å². The summed E-state index contributed by atoms with van der Waals surface area (Å²) in [6.07, 6.45) is 2.80. The SMILES string of the molecule is O=C1CCN2c3ncc(Br)nc3OC[C@H]2C1. The molecule has 1 saturated heterocycles. The molecule has 5 nitrogen and oxygen atoms in total. The standard InChI is InChI=1S/C10H10BrN3O2/c11-8-4-12-9-10(13-8)16-5-6-3-7(15)1-2-14(6)9/h4,6H,1-3,5H2/t6-/m1/s1. The first-order valence-corrected chi connectivity index (χ1v) is 5.97. The summed E-state index contributed by atoms with van der Waals surface area (Å²) in [6.45, 7) is 1.24. The van der Waals surface area contributed by atoms with Crippen molar-refractivity contribution in [3.05, 3.63) is 10.8 Å². The van der Waals surface area contributed by atoms with Crippen LogP contribution in [0, 0.1) is 0 Å². The zero-order valence-corrected chi connectivity index (χ0v) is 10.1. The Balaban J connectivity index is 1.97. The maximum atomic E-state index is 11.4. The average Bonchev–Trinajstić information content (AvgIpc) is 2.28. The lowest BCUT2D eigenvalue weighted by atomic mass is 10.0. The van der Waals surface area contributed by atoms with Gasteiger partial charge in [-0.3, -0.25) is 4.79 Å². The largest absolute Gasteiger partial charge is 0.473 e. The van der Waals surface area contributed by atoms with Crippen LogP contribution >= 0.6 is 15.9 Å². The number of Topliss-reactive ketones (excluding diaryl/α,β-unsaturated/α-hetero) is 1. The molecule has 0 aliphatic carbocycles. The van der Waals surface area contributed by atoms with Gasteiger partial charge >= 0.3 is 0 Å². The van der Waals surface area contributed by atoms with E-state index in [0.29, 0.717) is 35.7 Å². The van der Waals surface area contributed by atoms with E-state index in [4.69, 9.17) is 4.74 Å². The zero-order chi connectivity index (χ0) is 11.1. The van der Waals surface area contributed by atoms with Gasteiger partial charge in [-0.1, -0.05) is 0 Å². The van der Waals surface area contributed by atoms with Crippen LogP contribution < -0.4 is 9.64 Å². The minimum Gasteiger partial charge on any atom is -0.473 e. The molecule has 3 rings (SSSR count). The number of carbonyl (C=O) groups is 1. The van der Waals surface area contributed by atoms with Crippen LogP contribution in [0.5, 0.6) is 5.88 Å². The second kappa shape index (κ2) is 3.69. The number of nitrogens with zero attached hydrogens (tertiary/aromatic N) is 3. The van der Waals surface area contributed by atoms with Gasteiger partial charge in [-0.25, -0.2) is 9.97 Å². The first-order valence-electron chi connectivity index (χ1n) is 5.18. The van der Waals surface area contributed by atoms with Gasteiger partial charge < -0.3 is 9.64 Å². The highest BCUT2D eigenvalue weighted by atomic mass is 79.9. The number of anilines is 1. The molecular weight excluding hydrogens is 274 g/mol. The third-order valence-corrected chi connectivity index (χ3v) is 3.30. The van der Waals surface area contributed by atoms with Crippen molar-refractivity contribution in [1.82, 2.24) is 9.97 Å². The average molecular weight is 284 g/mol. The fourth-order valence-corrected chi connectivity index (χ4v) is 2.41. The van der Waals surface area contributed by atoms with Gasteiger partial charge in [0.25, 0.3) is 5.88 Å². The summed E-state index contributed by atoms with van der Waals surface area (Å²) in [6, 6.07) is 0.129. The molecule has 16 heavy (non-hydrogen) atoms. The lowest BCUT2D eigenvalue weighted by Crippen LogP contribution is -2.49. The highest BCUT2D eigenvalue weighted by Gasteiger charge is 2.34. The van der Waals surface area contributed by atoms with Crippen molar-refractivity contribution in [1.29, 1.82) is 0 Å². The molecule has 0 spiro atoms. The van der Waals surface area contributed by atoms with Crippen molar-refractivity contribution in [2.24, 2.45) is 0 Å². The first-order chi connectivity index (χ1) is 7.74. The number of halogens is 1. The molecule has 0 unspecified atom stereocenters. The molecule has 2 aliphatic rings. The number of rotatable bonds is 0. The molecule has 0 amide bonds. The van der Waals surface area contributed by atoms with E-state index in [0.717, 1.165) is 12.4 Å². The summed E-state index contributed by atoms with van der Waals surface area (Å²) < 4.78 is 6.19. The van der Waals surface area contributed by atoms with Gasteiger partial charge in [0.1, 0.15) is 17.0 Å². The molecule has 1 aromatic heterocycles. The van der Waals surface area contributed by atoms with Crippen molar-refractivity contribution < 1.29 is 9.53 Å². The lowest BCUT2D eigenvalue weighted by Gasteiger charge is -2.39. The van der Waals surface area contributed by atoms with E-state index in [9.17, 15) is 4.79 Å². The summed E-state index contributed by atoms with van der Waals surface area (Å²) in [4.78, 5) is 22.0. The number of carbonyl (C=O) groups excluding carboxylic acids is 1. The van der Waals surface area contributed by atoms with Crippen LogP contribution in [0.2, 0.25) is 0 Å². The van der Waals surface area contributed by atoms with E-state index in [1.165, 1.54) is 0 Å². The molecule has 1 fully saturated rings. The molecule has 0 aromatic carbocycles. The van der Waals surface area contributed by atoms with E-state index in [-0.39, 0.29) is 6.04 Å². The zero-order valence-electron chi connectivity index (χ0n) is 8.52. The summed E-state index contributed by atoms with van der Waals surface area (Å²) in [7, 11) is 0. The van der Waals surface area contributed by atoms with Crippen molar-refractivity contribution >= 4 is 27.5 Å². The van der Waals surface area contributed by atoms with E-state index in [2.05, 4.69) is 30.8 Å². The Hall–Kier alpha value is -1.17. The Morgan fingerprint density at radius 3 is 3.31 bits per heavy atom. The first kappa shape index (κ1) is 10.0. The minimum atomic E-state index is 0.129. The fraction of sp³-hybridized carbons (Fsp3) is 0.500. The number of fused-ring (bicyclic) bond motifs is 3. The quantitative estimate of drug-likeness (QED) is 0.715. The van der Waals surface area contributed by atoms with Crippen LogP contribution in [-0.2, 0) is 4.79 Å². The Morgan fingerprint density at radius 2 is 2.44 bits per heavy atom. The number of ether oxygens (including phenoxy) is 1. The molecule has 1 atom stereocenters. The topological polar surface area (TPSA) is 55.3 Å². The highest BCUT2D eigenvalue weighted by molar-refractivity contribution is 9.10. The molecular formula is C10H10BrN3O2. The summed E-state index contributed by atoms with van der Waals surface area (Å²) >= 11 is 3.26. The normalized spacial score (nSPS) is 23.4. The van der Waals surface area contributed by atoms with Crippen LogP contribution in [0.4, 0.5) is 5.82 Å². The molecule has 6 heteroatoms. The van der Waals surface area contributed by atoms with Crippen LogP contribution in [0.1, 0.15) is 12.8 Å². The maximum absolute atomic E-state index is 11.4. The predicted octanol–water partition coefficient (Wildman–Crippen LogP) is 1.17. The lowest BCUT2D eigenvalue weighted by molar-refractivity contribution is -0.120. The molecule has 0 N–H and O–H groups in total. The molecule has 0 saturated carbocycles. The summed E-state index contributed by atoms with van der Waals surface area (Å²) in [5.74, 6) is 1.62. The van der Waals surface area contributed by atoms with Crippen molar-refractivity contribution in [3.63, 3.8) is 0 Å². The van der Waals surface area contributed by atoms with Gasteiger partial charge in [-0.15, -0.1) is 0 Å². The summed E-state index contributed by atoms with van der Waals surface area (Å²) in [5, 5.41) is 0. The van der Waals surface area contributed by atoms with Gasteiger partial charge in [0.05, 0.1) is 12.2 Å². The number of hydrogen-bond donors (Lipinski definition) is 0. The Labute approximate surface area is 101 Å². The van der Waals surface area contributed by atoms with Crippen molar-refractivity contribution in [2.45, 2.75) is 18.9 Å². The fourth-order valence-electron chi connectivity index (χ4n) is 2.14. The van der Waals surface area contributed by atoms with Gasteiger partial charge in [0, 0.05) is 19.4 Å². The monoisotopic (exact) mass is 283 g/mol. The number of piperidine rings is 1. The Bertz CT molecular complexity index is 452. The van der Waals surface area contributed by atoms with E-state index >= 15 is 0 Å². The van der Waals surface area contributed by atoms with E-state index < -0.39 is 0 Å². The third-order valence-electron chi connectivity index (χ3n) is 2.91.